The number of aromatic amines is 2. The van der Waals surface area contributed by atoms with Gasteiger partial charge in [0.25, 0.3) is 5.56 Å². The van der Waals surface area contributed by atoms with Gasteiger partial charge in [0, 0.05) is 24.1 Å². The van der Waals surface area contributed by atoms with E-state index in [4.69, 9.17) is 14.5 Å². The number of fused-ring (bicyclic) bond motifs is 5. The Morgan fingerprint density at radius 3 is 2.97 bits per heavy atom. The Bertz CT molecular complexity index is 1790. The van der Waals surface area contributed by atoms with Gasteiger partial charge in [-0.15, -0.1) is 0 Å². The number of anilines is 1. The number of para-hydroxylation sites is 2. The van der Waals surface area contributed by atoms with E-state index in [1.54, 1.807) is 17.0 Å². The first-order chi connectivity index (χ1) is 17.2. The summed E-state index contributed by atoms with van der Waals surface area (Å²) in [5.74, 6) is 1.82. The third-order valence-electron chi connectivity index (χ3n) is 6.16. The molecule has 0 saturated carbocycles. The number of nitrogens with one attached hydrogen (secondary N) is 3. The lowest BCUT2D eigenvalue weighted by atomic mass is 10.2. The first-order valence-corrected chi connectivity index (χ1v) is 11.2. The maximum atomic E-state index is 13.5. The number of hydrogen-bond donors (Lipinski definition) is 3. The van der Waals surface area contributed by atoms with Crippen LogP contribution in [0.3, 0.4) is 0 Å². The Kier molecular flexibility index (Phi) is 4.25. The van der Waals surface area contributed by atoms with Crippen LogP contribution < -0.4 is 20.3 Å². The van der Waals surface area contributed by atoms with Gasteiger partial charge in [-0.2, -0.15) is 10.1 Å². The van der Waals surface area contributed by atoms with Crippen LogP contribution >= 0.6 is 0 Å². The molecule has 1 aliphatic rings. The van der Waals surface area contributed by atoms with Crippen molar-refractivity contribution in [2.24, 2.45) is 0 Å². The number of pyridine rings is 1. The van der Waals surface area contributed by atoms with Crippen molar-refractivity contribution in [3.05, 3.63) is 77.5 Å². The molecule has 0 saturated heterocycles. The molecular formula is C25H19N7O3. The maximum Gasteiger partial charge on any atom is 0.267 e. The molecular weight excluding hydrogens is 446 g/mol. The Morgan fingerprint density at radius 2 is 2.03 bits per heavy atom. The van der Waals surface area contributed by atoms with Crippen LogP contribution in [0.4, 0.5) is 5.95 Å². The van der Waals surface area contributed by atoms with E-state index < -0.39 is 0 Å². The van der Waals surface area contributed by atoms with E-state index in [9.17, 15) is 4.79 Å². The second-order valence-corrected chi connectivity index (χ2v) is 8.35. The topological polar surface area (TPSA) is 123 Å². The van der Waals surface area contributed by atoms with Crippen molar-refractivity contribution >= 4 is 38.8 Å². The fourth-order valence-corrected chi connectivity index (χ4v) is 4.45. The van der Waals surface area contributed by atoms with Gasteiger partial charge < -0.3 is 19.8 Å². The number of hydrogen-bond acceptors (Lipinski definition) is 7. The largest absolute Gasteiger partial charge is 0.486 e. The van der Waals surface area contributed by atoms with Gasteiger partial charge in [0.1, 0.15) is 18.2 Å². The molecule has 0 unspecified atom stereocenters. The second-order valence-electron chi connectivity index (χ2n) is 8.35. The fraction of sp³-hybridized carbons (Fsp3) is 0.120. The molecule has 0 bridgehead atoms. The van der Waals surface area contributed by atoms with Crippen LogP contribution in [0.25, 0.3) is 38.5 Å². The van der Waals surface area contributed by atoms with E-state index in [1.807, 2.05) is 54.7 Å². The summed E-state index contributed by atoms with van der Waals surface area (Å²) in [6, 6.07) is 15.4. The zero-order chi connectivity index (χ0) is 23.4. The Labute approximate surface area is 197 Å². The van der Waals surface area contributed by atoms with E-state index in [2.05, 4.69) is 25.5 Å². The highest BCUT2D eigenvalue weighted by Crippen LogP contribution is 2.31. The molecule has 10 nitrogen and oxygen atoms in total. The molecule has 2 aromatic carbocycles. The van der Waals surface area contributed by atoms with Crippen LogP contribution in [-0.2, 0) is 0 Å². The molecule has 5 heterocycles. The SMILES string of the molecule is O=c1c2c[nH]nc2c2cnc(NC[C@H]3COc4ccccc4O3)nc2n1-c1ccc2cc[nH]c2c1. The summed E-state index contributed by atoms with van der Waals surface area (Å²) in [6.45, 7) is 0.843. The quantitative estimate of drug-likeness (QED) is 0.365. The minimum absolute atomic E-state index is 0.211. The molecule has 0 amide bonds. The molecule has 7 rings (SSSR count). The van der Waals surface area contributed by atoms with Crippen molar-refractivity contribution in [2.75, 3.05) is 18.5 Å². The molecule has 3 N–H and O–H groups in total. The van der Waals surface area contributed by atoms with Gasteiger partial charge >= 0.3 is 0 Å². The highest BCUT2D eigenvalue weighted by molar-refractivity contribution is 6.02. The number of H-pyrrole nitrogens is 2. The van der Waals surface area contributed by atoms with Crippen LogP contribution in [0, 0.1) is 0 Å². The number of benzene rings is 2. The van der Waals surface area contributed by atoms with Crippen molar-refractivity contribution < 1.29 is 9.47 Å². The zero-order valence-corrected chi connectivity index (χ0v) is 18.4. The van der Waals surface area contributed by atoms with Crippen LogP contribution in [0.5, 0.6) is 11.5 Å². The summed E-state index contributed by atoms with van der Waals surface area (Å²) in [4.78, 5) is 25.9. The molecule has 0 fully saturated rings. The lowest BCUT2D eigenvalue weighted by Crippen LogP contribution is -2.35. The highest BCUT2D eigenvalue weighted by Gasteiger charge is 2.21. The van der Waals surface area contributed by atoms with Crippen LogP contribution in [0.2, 0.25) is 0 Å². The summed E-state index contributed by atoms with van der Waals surface area (Å²) in [5.41, 5.74) is 2.41. The van der Waals surface area contributed by atoms with Gasteiger partial charge in [-0.05, 0) is 35.7 Å². The average Bonchev–Trinajstić information content (AvgIpc) is 3.57. The van der Waals surface area contributed by atoms with Crippen molar-refractivity contribution in [2.45, 2.75) is 6.10 Å². The van der Waals surface area contributed by atoms with Gasteiger partial charge in [-0.25, -0.2) is 4.98 Å². The predicted octanol–water partition coefficient (Wildman–Crippen LogP) is 3.39. The molecule has 1 atom stereocenters. The minimum atomic E-state index is -0.213. The third-order valence-corrected chi connectivity index (χ3v) is 6.16. The van der Waals surface area contributed by atoms with Gasteiger partial charge in [0.05, 0.1) is 23.0 Å². The molecule has 4 aromatic heterocycles. The molecule has 1 aliphatic heterocycles. The molecule has 6 aromatic rings. The third kappa shape index (κ3) is 3.18. The highest BCUT2D eigenvalue weighted by atomic mass is 16.6. The van der Waals surface area contributed by atoms with Crippen molar-refractivity contribution in [1.29, 1.82) is 0 Å². The van der Waals surface area contributed by atoms with Crippen molar-refractivity contribution in [1.82, 2.24) is 29.7 Å². The summed E-state index contributed by atoms with van der Waals surface area (Å²) in [5, 5.41) is 12.5. The molecule has 172 valence electrons. The number of rotatable bonds is 4. The maximum absolute atomic E-state index is 13.5. The molecule has 0 spiro atoms. The van der Waals surface area contributed by atoms with Crippen molar-refractivity contribution in [3.63, 3.8) is 0 Å². The number of ether oxygens (including phenoxy) is 2. The summed E-state index contributed by atoms with van der Waals surface area (Å²) < 4.78 is 13.4. The van der Waals surface area contributed by atoms with E-state index in [1.165, 1.54) is 0 Å². The van der Waals surface area contributed by atoms with Crippen LogP contribution in [-0.4, -0.2) is 49.0 Å². The molecule has 0 radical (unpaired) electrons. The van der Waals surface area contributed by atoms with Gasteiger partial charge in [0.2, 0.25) is 5.95 Å². The van der Waals surface area contributed by atoms with Crippen molar-refractivity contribution in [3.8, 4) is 17.2 Å². The molecule has 35 heavy (non-hydrogen) atoms. The summed E-state index contributed by atoms with van der Waals surface area (Å²) >= 11 is 0. The van der Waals surface area contributed by atoms with Gasteiger partial charge in [-0.3, -0.25) is 14.5 Å². The first-order valence-electron chi connectivity index (χ1n) is 11.2. The van der Waals surface area contributed by atoms with E-state index in [0.29, 0.717) is 52.5 Å². The summed E-state index contributed by atoms with van der Waals surface area (Å²) in [6.07, 6.45) is 4.94. The lowest BCUT2D eigenvalue weighted by molar-refractivity contribution is 0.0996. The predicted molar refractivity (Wildman–Crippen MR) is 131 cm³/mol. The zero-order valence-electron chi connectivity index (χ0n) is 18.4. The molecule has 10 heteroatoms. The summed E-state index contributed by atoms with van der Waals surface area (Å²) in [7, 11) is 0. The second kappa shape index (κ2) is 7.59. The standard InChI is InChI=1S/C25H19N7O3/c33-24-18-12-29-31-22(18)17-11-28-25(27-10-16-13-34-20-3-1-2-4-21(20)35-16)30-23(17)32(24)15-6-5-14-7-8-26-19(14)9-15/h1-9,11-12,16,26H,10,13H2,(H,29,31)(H,27,28,30)/t16-/m0/s1. The fourth-order valence-electron chi connectivity index (χ4n) is 4.45. The van der Waals surface area contributed by atoms with E-state index in [-0.39, 0.29) is 11.7 Å². The Morgan fingerprint density at radius 1 is 1.11 bits per heavy atom. The monoisotopic (exact) mass is 465 g/mol. The number of aromatic nitrogens is 6. The van der Waals surface area contributed by atoms with Gasteiger partial charge in [-0.1, -0.05) is 18.2 Å². The van der Waals surface area contributed by atoms with E-state index >= 15 is 0 Å². The van der Waals surface area contributed by atoms with Crippen LogP contribution in [0.15, 0.2) is 71.9 Å². The minimum Gasteiger partial charge on any atom is -0.486 e. The number of nitrogens with zero attached hydrogens (tertiary/aromatic N) is 4. The van der Waals surface area contributed by atoms with Crippen LogP contribution in [0.1, 0.15) is 0 Å². The lowest BCUT2D eigenvalue weighted by Gasteiger charge is -2.26. The normalized spacial score (nSPS) is 15.1. The first kappa shape index (κ1) is 19.6. The van der Waals surface area contributed by atoms with E-state index in [0.717, 1.165) is 16.7 Å². The average molecular weight is 465 g/mol. The Balaban J connectivity index is 1.29. The van der Waals surface area contributed by atoms with Gasteiger partial charge in [0.15, 0.2) is 17.1 Å². The Hall–Kier alpha value is -4.86. The smallest absolute Gasteiger partial charge is 0.267 e. The molecule has 0 aliphatic carbocycles.